The Kier molecular flexibility index (Phi) is 3.85. The van der Waals surface area contributed by atoms with Gasteiger partial charge in [-0.25, -0.2) is 0 Å². The van der Waals surface area contributed by atoms with Crippen LogP contribution in [0.1, 0.15) is 4.88 Å². The van der Waals surface area contributed by atoms with Crippen LogP contribution in [-0.2, 0) is 6.54 Å². The van der Waals surface area contributed by atoms with Crippen LogP contribution in [0.4, 0.5) is 5.69 Å². The monoisotopic (exact) mass is 297 g/mol. The lowest BCUT2D eigenvalue weighted by atomic mass is 10.3. The number of halogens is 1. The van der Waals surface area contributed by atoms with Crippen molar-refractivity contribution in [1.82, 2.24) is 0 Å². The van der Waals surface area contributed by atoms with E-state index in [2.05, 4.69) is 32.7 Å². The molecule has 0 spiro atoms. The number of hydrogen-bond acceptors (Lipinski definition) is 3. The first-order valence-corrected chi connectivity index (χ1v) is 6.56. The maximum atomic E-state index is 5.17. The molecule has 0 bridgehead atoms. The number of methoxy groups -OCH3 is 1. The summed E-state index contributed by atoms with van der Waals surface area (Å²) in [6, 6.07) is 10.00. The molecule has 2 nitrogen and oxygen atoms in total. The van der Waals surface area contributed by atoms with Crippen molar-refractivity contribution in [3.05, 3.63) is 45.1 Å². The normalized spacial score (nSPS) is 10.1. The molecule has 0 unspecified atom stereocenters. The third-order valence-corrected chi connectivity index (χ3v) is 4.14. The summed E-state index contributed by atoms with van der Waals surface area (Å²) in [5, 5.41) is 5.44. The Morgan fingerprint density at radius 3 is 2.94 bits per heavy atom. The molecule has 1 N–H and O–H groups in total. The first kappa shape index (κ1) is 11.5. The smallest absolute Gasteiger partial charge is 0.120 e. The lowest BCUT2D eigenvalue weighted by molar-refractivity contribution is 0.415. The molecule has 0 saturated carbocycles. The second-order valence-corrected chi connectivity index (χ2v) is 5.13. The molecule has 0 aliphatic rings. The molecule has 2 aromatic rings. The average molecular weight is 298 g/mol. The summed E-state index contributed by atoms with van der Waals surface area (Å²) in [7, 11) is 1.68. The first-order valence-electron chi connectivity index (χ1n) is 4.89. The van der Waals surface area contributed by atoms with Gasteiger partial charge in [0.05, 0.1) is 13.7 Å². The van der Waals surface area contributed by atoms with Crippen molar-refractivity contribution in [2.45, 2.75) is 6.54 Å². The quantitative estimate of drug-likeness (QED) is 0.916. The van der Waals surface area contributed by atoms with Gasteiger partial charge in [-0.15, -0.1) is 11.3 Å². The summed E-state index contributed by atoms with van der Waals surface area (Å²) in [6.45, 7) is 0.825. The lowest BCUT2D eigenvalue weighted by Crippen LogP contribution is -1.98. The van der Waals surface area contributed by atoms with Gasteiger partial charge in [0.1, 0.15) is 5.75 Å². The van der Waals surface area contributed by atoms with Gasteiger partial charge in [-0.3, -0.25) is 0 Å². The largest absolute Gasteiger partial charge is 0.497 e. The molecule has 0 amide bonds. The van der Waals surface area contributed by atoms with Crippen LogP contribution in [0, 0.1) is 0 Å². The van der Waals surface area contributed by atoms with E-state index < -0.39 is 0 Å². The van der Waals surface area contributed by atoms with Crippen molar-refractivity contribution in [3.8, 4) is 5.75 Å². The van der Waals surface area contributed by atoms with Gasteiger partial charge in [-0.1, -0.05) is 6.07 Å². The number of hydrogen-bond donors (Lipinski definition) is 1. The molecule has 0 saturated heterocycles. The van der Waals surface area contributed by atoms with E-state index in [1.165, 1.54) is 4.88 Å². The Morgan fingerprint density at radius 2 is 2.25 bits per heavy atom. The summed E-state index contributed by atoms with van der Waals surface area (Å²) in [4.78, 5) is 1.29. The van der Waals surface area contributed by atoms with E-state index >= 15 is 0 Å². The van der Waals surface area contributed by atoms with Gasteiger partial charge in [0.15, 0.2) is 0 Å². The zero-order valence-electron chi connectivity index (χ0n) is 8.87. The van der Waals surface area contributed by atoms with Gasteiger partial charge in [-0.05, 0) is 39.5 Å². The molecule has 0 atom stereocenters. The number of benzene rings is 1. The van der Waals surface area contributed by atoms with Crippen LogP contribution < -0.4 is 10.1 Å². The maximum absolute atomic E-state index is 5.17. The standard InChI is InChI=1S/C12H12BrNOS/c1-15-10-4-2-3-9(7-10)14-8-12-11(13)5-6-16-12/h2-7,14H,8H2,1H3. The van der Waals surface area contributed by atoms with Crippen LogP contribution in [0.25, 0.3) is 0 Å². The van der Waals surface area contributed by atoms with Crippen LogP contribution in [0.15, 0.2) is 40.2 Å². The van der Waals surface area contributed by atoms with E-state index in [1.54, 1.807) is 18.4 Å². The molecule has 2 rings (SSSR count). The van der Waals surface area contributed by atoms with E-state index in [9.17, 15) is 0 Å². The zero-order valence-corrected chi connectivity index (χ0v) is 11.3. The number of rotatable bonds is 4. The summed E-state index contributed by atoms with van der Waals surface area (Å²) < 4.78 is 6.33. The number of anilines is 1. The zero-order chi connectivity index (χ0) is 11.4. The number of ether oxygens (including phenoxy) is 1. The van der Waals surface area contributed by atoms with Crippen molar-refractivity contribution in [2.75, 3.05) is 12.4 Å². The SMILES string of the molecule is COc1cccc(NCc2sccc2Br)c1. The molecule has 0 fully saturated rings. The van der Waals surface area contributed by atoms with Gasteiger partial charge >= 0.3 is 0 Å². The molecular formula is C12H12BrNOS. The molecule has 4 heteroatoms. The lowest BCUT2D eigenvalue weighted by Gasteiger charge is -2.07. The fourth-order valence-corrected chi connectivity index (χ4v) is 2.80. The summed E-state index contributed by atoms with van der Waals surface area (Å²) in [5.74, 6) is 0.871. The number of thiophene rings is 1. The van der Waals surface area contributed by atoms with E-state index in [4.69, 9.17) is 4.74 Å². The minimum atomic E-state index is 0.825. The molecule has 1 heterocycles. The van der Waals surface area contributed by atoms with E-state index in [-0.39, 0.29) is 0 Å². The Hall–Kier alpha value is -1.00. The topological polar surface area (TPSA) is 21.3 Å². The predicted molar refractivity (Wildman–Crippen MR) is 72.3 cm³/mol. The highest BCUT2D eigenvalue weighted by atomic mass is 79.9. The van der Waals surface area contributed by atoms with Crippen LogP contribution >= 0.6 is 27.3 Å². The Labute approximate surface area is 107 Å². The average Bonchev–Trinajstić information content (AvgIpc) is 2.72. The second-order valence-electron chi connectivity index (χ2n) is 3.28. The van der Waals surface area contributed by atoms with Gasteiger partial charge in [0.25, 0.3) is 0 Å². The van der Waals surface area contributed by atoms with Crippen molar-refractivity contribution in [1.29, 1.82) is 0 Å². The van der Waals surface area contributed by atoms with Crippen molar-refractivity contribution < 1.29 is 4.74 Å². The molecule has 84 valence electrons. The third kappa shape index (κ3) is 2.77. The second kappa shape index (κ2) is 5.37. The minimum Gasteiger partial charge on any atom is -0.497 e. The van der Waals surface area contributed by atoms with Crippen LogP contribution in [0.3, 0.4) is 0 Å². The molecule has 0 aliphatic carbocycles. The van der Waals surface area contributed by atoms with Crippen LogP contribution in [0.2, 0.25) is 0 Å². The maximum Gasteiger partial charge on any atom is 0.120 e. The van der Waals surface area contributed by atoms with E-state index in [1.807, 2.05) is 24.3 Å². The summed E-state index contributed by atoms with van der Waals surface area (Å²) in [6.07, 6.45) is 0. The Bertz CT molecular complexity index is 470. The van der Waals surface area contributed by atoms with Crippen LogP contribution in [-0.4, -0.2) is 7.11 Å². The highest BCUT2D eigenvalue weighted by molar-refractivity contribution is 9.10. The first-order chi connectivity index (χ1) is 7.79. The third-order valence-electron chi connectivity index (χ3n) is 2.21. The predicted octanol–water partition coefficient (Wildman–Crippen LogP) is 4.13. The highest BCUT2D eigenvalue weighted by Gasteiger charge is 2.01. The molecule has 0 radical (unpaired) electrons. The fourth-order valence-electron chi connectivity index (χ4n) is 1.37. The number of nitrogens with one attached hydrogen (secondary N) is 1. The van der Waals surface area contributed by atoms with Crippen molar-refractivity contribution in [2.24, 2.45) is 0 Å². The van der Waals surface area contributed by atoms with Crippen molar-refractivity contribution in [3.63, 3.8) is 0 Å². The molecule has 0 aliphatic heterocycles. The Balaban J connectivity index is 2.02. The van der Waals surface area contributed by atoms with Gasteiger partial charge < -0.3 is 10.1 Å². The van der Waals surface area contributed by atoms with Gasteiger partial charge in [0.2, 0.25) is 0 Å². The van der Waals surface area contributed by atoms with E-state index in [0.717, 1.165) is 22.5 Å². The molecule has 1 aromatic heterocycles. The Morgan fingerprint density at radius 1 is 1.38 bits per heavy atom. The van der Waals surface area contributed by atoms with Gasteiger partial charge in [0, 0.05) is 21.1 Å². The summed E-state index contributed by atoms with van der Waals surface area (Å²) >= 11 is 5.25. The molecule has 16 heavy (non-hydrogen) atoms. The molecule has 1 aromatic carbocycles. The minimum absolute atomic E-state index is 0.825. The summed E-state index contributed by atoms with van der Waals surface area (Å²) in [5.41, 5.74) is 1.07. The van der Waals surface area contributed by atoms with Crippen LogP contribution in [0.5, 0.6) is 5.75 Å². The molecular weight excluding hydrogens is 286 g/mol. The fraction of sp³-hybridized carbons (Fsp3) is 0.167. The highest BCUT2D eigenvalue weighted by Crippen LogP contribution is 2.24. The van der Waals surface area contributed by atoms with Gasteiger partial charge in [-0.2, -0.15) is 0 Å². The van der Waals surface area contributed by atoms with E-state index in [0.29, 0.717) is 0 Å². The van der Waals surface area contributed by atoms with Crippen molar-refractivity contribution >= 4 is 33.0 Å².